The van der Waals surface area contributed by atoms with E-state index < -0.39 is 40.7 Å². The molecule has 3 aliphatic rings. The number of aryl methyl sites for hydroxylation is 1. The summed E-state index contributed by atoms with van der Waals surface area (Å²) in [5.74, 6) is -2.94. The maximum Gasteiger partial charge on any atom is 0.333 e. The lowest BCUT2D eigenvalue weighted by Gasteiger charge is -2.28. The minimum atomic E-state index is -2.57. The molecule has 1 aliphatic carbocycles. The van der Waals surface area contributed by atoms with Crippen molar-refractivity contribution < 1.29 is 13.6 Å². The summed E-state index contributed by atoms with van der Waals surface area (Å²) in [6.07, 6.45) is 8.09. The maximum absolute atomic E-state index is 13.5. The quantitative estimate of drug-likeness (QED) is 0.284. The molecular weight excluding hydrogens is 528 g/mol. The monoisotopic (exact) mass is 555 g/mol. The summed E-state index contributed by atoms with van der Waals surface area (Å²) >= 11 is 0. The largest absolute Gasteiger partial charge is 0.347 e. The predicted octanol–water partition coefficient (Wildman–Crippen LogP) is -1.30. The van der Waals surface area contributed by atoms with Crippen molar-refractivity contribution in [3.63, 3.8) is 0 Å². The number of carbonyl (C=O) groups is 1. The second kappa shape index (κ2) is 9.12. The van der Waals surface area contributed by atoms with Crippen LogP contribution in [-0.4, -0.2) is 72.5 Å². The number of aliphatic imine (C=N–C) groups is 1. The third kappa shape index (κ3) is 3.93. The summed E-state index contributed by atoms with van der Waals surface area (Å²) in [5, 5.41) is 6.23. The Balaban J connectivity index is 1.19. The molecule has 3 aromatic rings. The Morgan fingerprint density at radius 3 is 2.58 bits per heavy atom. The second-order valence-electron chi connectivity index (χ2n) is 10.4. The van der Waals surface area contributed by atoms with Crippen molar-refractivity contribution in [3.8, 4) is 0 Å². The fourth-order valence-electron chi connectivity index (χ4n) is 5.30. The smallest absolute Gasteiger partial charge is 0.333 e. The first-order valence-electron chi connectivity index (χ1n) is 12.6. The van der Waals surface area contributed by atoms with Crippen LogP contribution in [0.3, 0.4) is 0 Å². The first kappa shape index (κ1) is 25.9. The van der Waals surface area contributed by atoms with E-state index in [2.05, 4.69) is 30.6 Å². The number of fused-ring (bicyclic) bond motifs is 2. The Kier molecular flexibility index (Phi) is 5.92. The van der Waals surface area contributed by atoms with Gasteiger partial charge in [0.05, 0.1) is 30.4 Å². The van der Waals surface area contributed by atoms with Crippen LogP contribution in [0.25, 0.3) is 11.2 Å². The molecule has 40 heavy (non-hydrogen) atoms. The number of piperidine rings is 1. The molecule has 3 aromatic heterocycles. The van der Waals surface area contributed by atoms with Gasteiger partial charge in [-0.05, 0) is 13.0 Å². The van der Waals surface area contributed by atoms with Gasteiger partial charge in [0.25, 0.3) is 11.5 Å². The minimum Gasteiger partial charge on any atom is -0.347 e. The summed E-state index contributed by atoms with van der Waals surface area (Å²) in [6.45, 7) is 1.85. The molecule has 6 rings (SSSR count). The summed E-state index contributed by atoms with van der Waals surface area (Å²) < 4.78 is 30.5. The molecule has 0 spiro atoms. The molecule has 0 aromatic carbocycles. The van der Waals surface area contributed by atoms with E-state index in [9.17, 15) is 23.2 Å². The summed E-state index contributed by atoms with van der Waals surface area (Å²) in [5.41, 5.74) is 3.92. The summed E-state index contributed by atoms with van der Waals surface area (Å²) in [6, 6.07) is 0. The highest BCUT2D eigenvalue weighted by atomic mass is 19.3. The Morgan fingerprint density at radius 1 is 1.23 bits per heavy atom. The van der Waals surface area contributed by atoms with Gasteiger partial charge >= 0.3 is 5.69 Å². The van der Waals surface area contributed by atoms with E-state index in [0.717, 1.165) is 4.57 Å². The number of nitrogens with two attached hydrogens (primary N) is 1. The number of hydrogen-bond donors (Lipinski definition) is 3. The van der Waals surface area contributed by atoms with Crippen LogP contribution in [0.15, 0.2) is 45.6 Å². The Bertz CT molecular complexity index is 1660. The van der Waals surface area contributed by atoms with Crippen LogP contribution in [0, 0.1) is 11.8 Å². The molecule has 0 bridgehead atoms. The van der Waals surface area contributed by atoms with Gasteiger partial charge in [-0.25, -0.2) is 38.1 Å². The molecule has 0 amide bonds. The van der Waals surface area contributed by atoms with Gasteiger partial charge in [-0.15, -0.1) is 0 Å². The van der Waals surface area contributed by atoms with Crippen molar-refractivity contribution in [1.29, 1.82) is 0 Å². The van der Waals surface area contributed by atoms with Gasteiger partial charge < -0.3 is 25.3 Å². The van der Waals surface area contributed by atoms with Crippen LogP contribution < -0.4 is 32.5 Å². The number of aromatic nitrogens is 6. The molecule has 5 heterocycles. The van der Waals surface area contributed by atoms with E-state index in [1.807, 2.05) is 0 Å². The van der Waals surface area contributed by atoms with Gasteiger partial charge in [0.2, 0.25) is 5.95 Å². The third-order valence-electron chi connectivity index (χ3n) is 7.85. The molecule has 3 unspecified atom stereocenters. The van der Waals surface area contributed by atoms with E-state index in [0.29, 0.717) is 23.6 Å². The van der Waals surface area contributed by atoms with Crippen molar-refractivity contribution >= 4 is 29.2 Å². The first-order valence-corrected chi connectivity index (χ1v) is 12.6. The molecule has 2 fully saturated rings. The zero-order valence-electron chi connectivity index (χ0n) is 21.7. The van der Waals surface area contributed by atoms with Crippen molar-refractivity contribution in [2.45, 2.75) is 31.2 Å². The van der Waals surface area contributed by atoms with E-state index in [1.54, 1.807) is 36.5 Å². The summed E-state index contributed by atoms with van der Waals surface area (Å²) in [7, 11) is 1.47. The molecule has 0 radical (unpaired) electrons. The van der Waals surface area contributed by atoms with Crippen molar-refractivity contribution in [3.05, 3.63) is 57.4 Å². The van der Waals surface area contributed by atoms with Gasteiger partial charge in [-0.1, -0.05) is 0 Å². The lowest BCUT2D eigenvalue weighted by molar-refractivity contribution is -0.114. The standard InChI is InChI=1S/C24H27F2N11O3/c1-23(10-38,37-12-32-19-17(37)20(39)36(11-27)22(40)34(19)2)9-31-16-3-4-28-18(33-16)13-5-29-21(30-6-13)35-7-14-15(8-35)24(14,25)26/h3-6,10,12,14-16,31H,7-9,11,27H2,1-2H3,(H,28,33)/t14?,15?,16?,23-/m0/s1. The SMILES string of the molecule is Cn1c(=O)n(CN)c(=O)c2c1ncn2[C@](C)(C=O)CNC1C=CNC(c2cnc(N3CC4C(C3)C4(F)F)nc2)=N1. The van der Waals surface area contributed by atoms with E-state index in [4.69, 9.17) is 5.73 Å². The van der Waals surface area contributed by atoms with Crippen LogP contribution in [0.4, 0.5) is 14.7 Å². The average molecular weight is 556 g/mol. The molecule has 210 valence electrons. The molecule has 2 aliphatic heterocycles. The Morgan fingerprint density at radius 2 is 1.93 bits per heavy atom. The fraction of sp³-hybridized carbons (Fsp3) is 0.458. The van der Waals surface area contributed by atoms with Crippen LogP contribution in [0.5, 0.6) is 0 Å². The zero-order valence-corrected chi connectivity index (χ0v) is 21.7. The zero-order chi connectivity index (χ0) is 28.4. The number of hydrogen-bond acceptors (Lipinski definition) is 11. The topological polar surface area (TPSA) is 170 Å². The lowest BCUT2D eigenvalue weighted by Crippen LogP contribution is -2.47. The van der Waals surface area contributed by atoms with Gasteiger partial charge in [-0.2, -0.15) is 0 Å². The highest BCUT2D eigenvalue weighted by Crippen LogP contribution is 2.59. The fourth-order valence-corrected chi connectivity index (χ4v) is 5.30. The highest BCUT2D eigenvalue weighted by Gasteiger charge is 2.72. The summed E-state index contributed by atoms with van der Waals surface area (Å²) in [4.78, 5) is 57.0. The number of anilines is 1. The molecular formula is C24H27F2N11O3. The first-order chi connectivity index (χ1) is 19.1. The number of amidine groups is 1. The second-order valence-corrected chi connectivity index (χ2v) is 10.4. The van der Waals surface area contributed by atoms with Gasteiger partial charge in [-0.3, -0.25) is 14.7 Å². The molecule has 4 N–H and O–H groups in total. The van der Waals surface area contributed by atoms with Crippen LogP contribution in [-0.2, 0) is 24.0 Å². The number of alkyl halides is 2. The van der Waals surface area contributed by atoms with Gasteiger partial charge in [0, 0.05) is 45.3 Å². The number of imidazole rings is 1. The number of aldehydes is 1. The number of nitrogens with zero attached hydrogens (tertiary/aromatic N) is 8. The van der Waals surface area contributed by atoms with E-state index >= 15 is 0 Å². The van der Waals surface area contributed by atoms with Crippen LogP contribution in [0.2, 0.25) is 0 Å². The van der Waals surface area contributed by atoms with E-state index in [1.165, 1.54) is 22.5 Å². The van der Waals surface area contributed by atoms with Crippen molar-refractivity contribution in [2.75, 3.05) is 24.5 Å². The number of nitrogens with one attached hydrogen (secondary N) is 2. The number of halogens is 2. The van der Waals surface area contributed by atoms with Crippen molar-refractivity contribution in [2.24, 2.45) is 29.6 Å². The molecule has 14 nitrogen and oxygen atoms in total. The van der Waals surface area contributed by atoms with Crippen LogP contribution in [0.1, 0.15) is 12.5 Å². The third-order valence-corrected chi connectivity index (χ3v) is 7.85. The van der Waals surface area contributed by atoms with Gasteiger partial charge in [0.1, 0.15) is 23.8 Å². The lowest BCUT2D eigenvalue weighted by atomic mass is 10.0. The average Bonchev–Trinajstić information content (AvgIpc) is 3.40. The van der Waals surface area contributed by atoms with Gasteiger partial charge in [0.15, 0.2) is 11.2 Å². The minimum absolute atomic E-state index is 0.0655. The highest BCUT2D eigenvalue weighted by molar-refractivity contribution is 5.99. The number of rotatable bonds is 8. The normalized spacial score (nSPS) is 24.4. The predicted molar refractivity (Wildman–Crippen MR) is 140 cm³/mol. The Labute approximate surface area is 225 Å². The van der Waals surface area contributed by atoms with Crippen LogP contribution >= 0.6 is 0 Å². The van der Waals surface area contributed by atoms with E-state index in [-0.39, 0.29) is 37.5 Å². The molecule has 1 saturated carbocycles. The molecule has 16 heteroatoms. The maximum atomic E-state index is 13.5. The molecule has 4 atom stereocenters. The number of carbonyl (C=O) groups excluding carboxylic acids is 1. The van der Waals surface area contributed by atoms with Crippen molar-refractivity contribution in [1.82, 2.24) is 39.3 Å². The Hall–Kier alpha value is -4.31. The molecule has 1 saturated heterocycles.